The topological polar surface area (TPSA) is 57.9 Å². The predicted octanol–water partition coefficient (Wildman–Crippen LogP) is 14.5. The zero-order valence-electron chi connectivity index (χ0n) is 35.5. The van der Waals surface area contributed by atoms with Gasteiger partial charge in [0.2, 0.25) is 11.7 Å². The summed E-state index contributed by atoms with van der Waals surface area (Å²) in [7, 11) is 0. The van der Waals surface area contributed by atoms with Gasteiger partial charge in [-0.1, -0.05) is 140 Å². The highest BCUT2D eigenvalue weighted by Crippen LogP contribution is 2.41. The number of allylic oxidation sites excluding steroid dienone is 5. The Balaban J connectivity index is 1.10. The lowest BCUT2D eigenvalue weighted by atomic mass is 10.0. The third-order valence-corrected chi connectivity index (χ3v) is 12.9. The highest BCUT2D eigenvalue weighted by Gasteiger charge is 2.26. The third kappa shape index (κ3) is 5.45. The molecule has 306 valence electrons. The molecular formula is C58H39N7. The van der Waals surface area contributed by atoms with Crippen molar-refractivity contribution in [3.63, 3.8) is 0 Å². The molecule has 0 fully saturated rings. The molecule has 0 bridgehead atoms. The van der Waals surface area contributed by atoms with Crippen molar-refractivity contribution in [1.29, 1.82) is 0 Å². The van der Waals surface area contributed by atoms with Crippen molar-refractivity contribution in [2.75, 3.05) is 0 Å². The molecule has 0 aliphatic rings. The minimum Gasteiger partial charge on any atom is -0.309 e. The molecule has 0 aliphatic carbocycles. The van der Waals surface area contributed by atoms with E-state index in [0.717, 1.165) is 105 Å². The second kappa shape index (κ2) is 14.4. The van der Waals surface area contributed by atoms with E-state index >= 15 is 0 Å². The van der Waals surface area contributed by atoms with Gasteiger partial charge in [0.25, 0.3) is 0 Å². The Morgan fingerprint density at radius 1 is 0.508 bits per heavy atom. The molecule has 0 aliphatic heterocycles. The lowest BCUT2D eigenvalue weighted by Crippen LogP contribution is -2.04. The summed E-state index contributed by atoms with van der Waals surface area (Å²) >= 11 is 0. The standard InChI is InChI=1S/C58H39N7/c1-3-5-21-41(4-2)62-48-26-15-14-25-44(48)46-35-39(30-33-49(46)62)40-31-34-50-47(36-40)55-56(63(50)42-22-10-7-11-23-42)61-58-64(55)51-27-16-17-28-52(51)65(58)57-59-53(38-19-8-6-9-20-38)45-32-29-37-18-12-13-24-43(37)54(45)60-57/h3-36H,2H2,1H3/b5-3-,41-21+. The number of rotatable bonds is 7. The monoisotopic (exact) mass is 833 g/mol. The fourth-order valence-corrected chi connectivity index (χ4v) is 10.00. The zero-order valence-corrected chi connectivity index (χ0v) is 35.5. The SMILES string of the molecule is C=C/C(=C\C=C/C)n1c2ccccc2c2cc(-c3ccc4c(c3)c3c(nc5n(-c6nc(-c7ccccc7)c7ccc8ccccc8c7n6)c6ccccc6n35)n4-c3ccccc3)ccc21. The number of nitrogens with zero attached hydrogens (tertiary/aromatic N) is 7. The molecule has 8 aromatic carbocycles. The molecule has 0 unspecified atom stereocenters. The lowest BCUT2D eigenvalue weighted by Gasteiger charge is -2.12. The smallest absolute Gasteiger partial charge is 0.238 e. The van der Waals surface area contributed by atoms with Crippen molar-refractivity contribution in [1.82, 2.24) is 33.1 Å². The Hall–Kier alpha value is -8.81. The van der Waals surface area contributed by atoms with Gasteiger partial charge >= 0.3 is 0 Å². The number of fused-ring (bicyclic) bond motifs is 13. The quantitative estimate of drug-likeness (QED) is 0.119. The number of benzene rings is 8. The van der Waals surface area contributed by atoms with E-state index in [2.05, 4.69) is 213 Å². The van der Waals surface area contributed by atoms with E-state index < -0.39 is 0 Å². The molecule has 7 nitrogen and oxygen atoms in total. The molecule has 0 spiro atoms. The van der Waals surface area contributed by atoms with Gasteiger partial charge in [-0.2, -0.15) is 4.98 Å². The van der Waals surface area contributed by atoms with Gasteiger partial charge in [-0.25, -0.2) is 14.5 Å². The summed E-state index contributed by atoms with van der Waals surface area (Å²) < 4.78 is 9.03. The van der Waals surface area contributed by atoms with Crippen LogP contribution in [0.5, 0.6) is 0 Å². The molecule has 7 heteroatoms. The summed E-state index contributed by atoms with van der Waals surface area (Å²) in [6.45, 7) is 6.21. The minimum absolute atomic E-state index is 0.565. The van der Waals surface area contributed by atoms with Gasteiger partial charge in [0, 0.05) is 43.9 Å². The molecule has 65 heavy (non-hydrogen) atoms. The summed E-state index contributed by atoms with van der Waals surface area (Å²) in [6.07, 6.45) is 8.14. The van der Waals surface area contributed by atoms with Crippen LogP contribution < -0.4 is 0 Å². The average molecular weight is 834 g/mol. The maximum atomic E-state index is 5.60. The summed E-state index contributed by atoms with van der Waals surface area (Å²) in [4.78, 5) is 16.5. The lowest BCUT2D eigenvalue weighted by molar-refractivity contribution is 0.985. The van der Waals surface area contributed by atoms with E-state index in [4.69, 9.17) is 15.0 Å². The van der Waals surface area contributed by atoms with Crippen molar-refractivity contribution in [3.05, 3.63) is 213 Å². The van der Waals surface area contributed by atoms with E-state index in [1.807, 2.05) is 25.1 Å². The Kier molecular flexibility index (Phi) is 8.14. The predicted molar refractivity (Wildman–Crippen MR) is 270 cm³/mol. The largest absolute Gasteiger partial charge is 0.309 e. The van der Waals surface area contributed by atoms with Crippen LogP contribution >= 0.6 is 0 Å². The van der Waals surface area contributed by atoms with E-state index in [1.165, 1.54) is 10.8 Å². The second-order valence-corrected chi connectivity index (χ2v) is 16.5. The Morgan fingerprint density at radius 2 is 1.17 bits per heavy atom. The molecule has 0 saturated heterocycles. The maximum Gasteiger partial charge on any atom is 0.238 e. The van der Waals surface area contributed by atoms with Crippen LogP contribution in [0.25, 0.3) is 122 Å². The van der Waals surface area contributed by atoms with E-state index in [1.54, 1.807) is 0 Å². The van der Waals surface area contributed by atoms with Crippen LogP contribution in [-0.2, 0) is 0 Å². The van der Waals surface area contributed by atoms with Gasteiger partial charge in [0.15, 0.2) is 5.65 Å². The molecule has 0 atom stereocenters. The van der Waals surface area contributed by atoms with Crippen molar-refractivity contribution >= 4 is 88.1 Å². The van der Waals surface area contributed by atoms with Crippen molar-refractivity contribution in [2.45, 2.75) is 6.92 Å². The van der Waals surface area contributed by atoms with Gasteiger partial charge in [-0.05, 0) is 96.3 Å². The van der Waals surface area contributed by atoms with Crippen LogP contribution in [0.3, 0.4) is 0 Å². The highest BCUT2D eigenvalue weighted by atomic mass is 15.3. The second-order valence-electron chi connectivity index (χ2n) is 16.5. The molecule has 0 saturated carbocycles. The molecule has 13 rings (SSSR count). The van der Waals surface area contributed by atoms with Crippen LogP contribution in [0, 0.1) is 0 Å². The third-order valence-electron chi connectivity index (χ3n) is 12.9. The van der Waals surface area contributed by atoms with Crippen LogP contribution in [0.4, 0.5) is 0 Å². The Bertz CT molecular complexity index is 4140. The summed E-state index contributed by atoms with van der Waals surface area (Å²) in [5.41, 5.74) is 14.3. The molecule has 5 heterocycles. The molecule has 0 radical (unpaired) electrons. The van der Waals surface area contributed by atoms with Crippen molar-refractivity contribution < 1.29 is 0 Å². The molecule has 13 aromatic rings. The molecular weight excluding hydrogens is 795 g/mol. The first-order valence-corrected chi connectivity index (χ1v) is 21.9. The molecule has 0 amide bonds. The average Bonchev–Trinajstić information content (AvgIpc) is 4.09. The first kappa shape index (κ1) is 36.8. The van der Waals surface area contributed by atoms with Crippen LogP contribution in [0.2, 0.25) is 0 Å². The first-order chi connectivity index (χ1) is 32.2. The summed E-state index contributed by atoms with van der Waals surface area (Å²) in [6, 6.07) is 64.5. The van der Waals surface area contributed by atoms with Crippen LogP contribution in [-0.4, -0.2) is 33.1 Å². The van der Waals surface area contributed by atoms with Gasteiger partial charge in [-0.3, -0.25) is 8.97 Å². The Morgan fingerprint density at radius 3 is 1.95 bits per heavy atom. The zero-order chi connectivity index (χ0) is 43.2. The highest BCUT2D eigenvalue weighted by molar-refractivity contribution is 6.14. The number of para-hydroxylation sites is 4. The van der Waals surface area contributed by atoms with E-state index in [0.29, 0.717) is 5.95 Å². The fraction of sp³-hybridized carbons (Fsp3) is 0.0172. The van der Waals surface area contributed by atoms with Crippen molar-refractivity contribution in [2.24, 2.45) is 0 Å². The van der Waals surface area contributed by atoms with E-state index in [-0.39, 0.29) is 0 Å². The normalized spacial score (nSPS) is 12.5. The van der Waals surface area contributed by atoms with Crippen LogP contribution in [0.15, 0.2) is 213 Å². The molecule has 0 N–H and O–H groups in total. The Labute approximate surface area is 373 Å². The number of imidazole rings is 2. The van der Waals surface area contributed by atoms with Gasteiger partial charge < -0.3 is 4.57 Å². The maximum absolute atomic E-state index is 5.60. The van der Waals surface area contributed by atoms with Crippen LogP contribution in [0.1, 0.15) is 6.92 Å². The fourth-order valence-electron chi connectivity index (χ4n) is 10.00. The molecule has 5 aromatic heterocycles. The number of aromatic nitrogens is 7. The van der Waals surface area contributed by atoms with E-state index in [9.17, 15) is 0 Å². The van der Waals surface area contributed by atoms with Crippen molar-refractivity contribution in [3.8, 4) is 34.0 Å². The summed E-state index contributed by atoms with van der Waals surface area (Å²) in [5.74, 6) is 1.31. The van der Waals surface area contributed by atoms with Gasteiger partial charge in [-0.15, -0.1) is 0 Å². The first-order valence-electron chi connectivity index (χ1n) is 21.9. The summed E-state index contributed by atoms with van der Waals surface area (Å²) in [5, 5.41) is 6.69. The van der Waals surface area contributed by atoms with Gasteiger partial charge in [0.1, 0.15) is 5.52 Å². The number of hydrogen-bond donors (Lipinski definition) is 0. The number of hydrogen-bond acceptors (Lipinski definition) is 3. The minimum atomic E-state index is 0.565. The van der Waals surface area contributed by atoms with Gasteiger partial charge in [0.05, 0.1) is 38.8 Å².